The number of hydrogen-bond donors (Lipinski definition) is 2. The molecule has 6 nitrogen and oxygen atoms in total. The first-order valence-corrected chi connectivity index (χ1v) is 8.42. The molecule has 3 rings (SSSR count). The van der Waals surface area contributed by atoms with E-state index in [4.69, 9.17) is 14.7 Å². The molecule has 0 saturated carbocycles. The van der Waals surface area contributed by atoms with Gasteiger partial charge in [-0.1, -0.05) is 42.5 Å². The summed E-state index contributed by atoms with van der Waals surface area (Å²) in [5, 5.41) is 14.8. The molecular weight excluding hydrogens is 330 g/mol. The Morgan fingerprint density at radius 2 is 1.85 bits per heavy atom. The lowest BCUT2D eigenvalue weighted by atomic mass is 10.0. The number of ether oxygens (including phenoxy) is 2. The Kier molecular flexibility index (Phi) is 5.21. The van der Waals surface area contributed by atoms with Gasteiger partial charge in [-0.3, -0.25) is 0 Å². The molecule has 0 aromatic heterocycles. The highest BCUT2D eigenvalue weighted by molar-refractivity contribution is 5.91. The van der Waals surface area contributed by atoms with E-state index >= 15 is 0 Å². The number of anilines is 1. The summed E-state index contributed by atoms with van der Waals surface area (Å²) in [7, 11) is 0. The van der Waals surface area contributed by atoms with Gasteiger partial charge in [0.15, 0.2) is 5.79 Å². The first-order valence-electron chi connectivity index (χ1n) is 8.42. The number of para-hydroxylation sites is 1. The second kappa shape index (κ2) is 7.56. The third-order valence-corrected chi connectivity index (χ3v) is 4.13. The zero-order valence-electron chi connectivity index (χ0n) is 14.7. The maximum atomic E-state index is 12.4. The Bertz CT molecular complexity index is 815. The SMILES string of the molecule is CC1(C)OC[C@H](NC(=O)Nc2ccccc2C#N)[C@@H](c2ccccc2)O1. The van der Waals surface area contributed by atoms with E-state index in [-0.39, 0.29) is 12.1 Å². The van der Waals surface area contributed by atoms with Crippen LogP contribution in [0.5, 0.6) is 0 Å². The lowest BCUT2D eigenvalue weighted by Crippen LogP contribution is -2.52. The molecule has 0 spiro atoms. The molecule has 2 atom stereocenters. The van der Waals surface area contributed by atoms with Crippen molar-refractivity contribution >= 4 is 11.7 Å². The van der Waals surface area contributed by atoms with E-state index < -0.39 is 11.8 Å². The van der Waals surface area contributed by atoms with Crippen LogP contribution in [0.1, 0.15) is 31.1 Å². The van der Waals surface area contributed by atoms with Crippen molar-refractivity contribution in [3.05, 3.63) is 65.7 Å². The van der Waals surface area contributed by atoms with Gasteiger partial charge < -0.3 is 20.1 Å². The summed E-state index contributed by atoms with van der Waals surface area (Å²) in [5.74, 6) is -0.734. The molecule has 1 heterocycles. The number of carbonyl (C=O) groups is 1. The molecule has 2 amide bonds. The van der Waals surface area contributed by atoms with Crippen molar-refractivity contribution in [3.8, 4) is 6.07 Å². The minimum absolute atomic E-state index is 0.319. The van der Waals surface area contributed by atoms with E-state index in [9.17, 15) is 4.79 Å². The summed E-state index contributed by atoms with van der Waals surface area (Å²) >= 11 is 0. The number of amides is 2. The van der Waals surface area contributed by atoms with Crippen LogP contribution in [-0.2, 0) is 9.47 Å². The third-order valence-electron chi connectivity index (χ3n) is 4.13. The highest BCUT2D eigenvalue weighted by Crippen LogP contribution is 2.33. The topological polar surface area (TPSA) is 83.4 Å². The largest absolute Gasteiger partial charge is 0.348 e. The molecule has 0 aliphatic carbocycles. The van der Waals surface area contributed by atoms with Crippen molar-refractivity contribution in [1.29, 1.82) is 5.26 Å². The van der Waals surface area contributed by atoms with Crippen LogP contribution in [0.25, 0.3) is 0 Å². The minimum atomic E-state index is -0.734. The molecule has 0 radical (unpaired) electrons. The lowest BCUT2D eigenvalue weighted by molar-refractivity contribution is -0.284. The summed E-state index contributed by atoms with van der Waals surface area (Å²) < 4.78 is 11.8. The number of urea groups is 1. The van der Waals surface area contributed by atoms with Crippen LogP contribution in [0, 0.1) is 11.3 Å². The van der Waals surface area contributed by atoms with Gasteiger partial charge in [0, 0.05) is 0 Å². The van der Waals surface area contributed by atoms with Gasteiger partial charge in [-0.05, 0) is 31.5 Å². The third kappa shape index (κ3) is 4.20. The normalized spacial score (nSPS) is 21.4. The van der Waals surface area contributed by atoms with E-state index in [0.717, 1.165) is 5.56 Å². The number of nitrogens with one attached hydrogen (secondary N) is 2. The van der Waals surface area contributed by atoms with Gasteiger partial charge in [0.1, 0.15) is 12.2 Å². The number of hydrogen-bond acceptors (Lipinski definition) is 4. The highest BCUT2D eigenvalue weighted by Gasteiger charge is 2.38. The van der Waals surface area contributed by atoms with Gasteiger partial charge in [-0.25, -0.2) is 4.79 Å². The molecule has 2 N–H and O–H groups in total. The monoisotopic (exact) mass is 351 g/mol. The predicted octanol–water partition coefficient (Wildman–Crippen LogP) is 3.57. The average molecular weight is 351 g/mol. The van der Waals surface area contributed by atoms with Crippen molar-refractivity contribution in [2.75, 3.05) is 11.9 Å². The fourth-order valence-corrected chi connectivity index (χ4v) is 2.88. The molecule has 2 aromatic carbocycles. The summed E-state index contributed by atoms with van der Waals surface area (Å²) in [6, 6.07) is 17.9. The fourth-order valence-electron chi connectivity index (χ4n) is 2.88. The molecule has 1 aliphatic rings. The minimum Gasteiger partial charge on any atom is -0.348 e. The Labute approximate surface area is 152 Å². The van der Waals surface area contributed by atoms with Gasteiger partial charge in [0.25, 0.3) is 0 Å². The van der Waals surface area contributed by atoms with Crippen molar-refractivity contribution < 1.29 is 14.3 Å². The van der Waals surface area contributed by atoms with Crippen molar-refractivity contribution in [2.45, 2.75) is 31.8 Å². The maximum absolute atomic E-state index is 12.4. The Hall–Kier alpha value is -2.88. The Morgan fingerprint density at radius 3 is 2.58 bits per heavy atom. The van der Waals surface area contributed by atoms with Crippen LogP contribution >= 0.6 is 0 Å². The van der Waals surface area contributed by atoms with Crippen LogP contribution in [0.2, 0.25) is 0 Å². The standard InChI is InChI=1S/C20H21N3O3/c1-20(2)25-13-17(18(26-20)14-8-4-3-5-9-14)23-19(24)22-16-11-7-6-10-15(16)12-21/h3-11,17-18H,13H2,1-2H3,(H2,22,23,24)/t17-,18+/m0/s1. The van der Waals surface area contributed by atoms with Gasteiger partial charge in [0.2, 0.25) is 0 Å². The molecule has 1 saturated heterocycles. The first-order chi connectivity index (χ1) is 12.5. The van der Waals surface area contributed by atoms with Crippen LogP contribution in [0.4, 0.5) is 10.5 Å². The lowest BCUT2D eigenvalue weighted by Gasteiger charge is -2.41. The molecule has 2 aromatic rings. The predicted molar refractivity (Wildman–Crippen MR) is 97.4 cm³/mol. The van der Waals surface area contributed by atoms with Gasteiger partial charge in [0.05, 0.1) is 23.9 Å². The average Bonchev–Trinajstić information content (AvgIpc) is 2.64. The number of nitrogens with zero attached hydrogens (tertiary/aromatic N) is 1. The van der Waals surface area contributed by atoms with E-state index in [1.165, 1.54) is 0 Å². The smallest absolute Gasteiger partial charge is 0.319 e. The highest BCUT2D eigenvalue weighted by atomic mass is 16.7. The van der Waals surface area contributed by atoms with Crippen LogP contribution in [0.3, 0.4) is 0 Å². The Balaban J connectivity index is 1.74. The van der Waals surface area contributed by atoms with E-state index in [2.05, 4.69) is 16.7 Å². The number of rotatable bonds is 3. The van der Waals surface area contributed by atoms with E-state index in [1.807, 2.05) is 44.2 Å². The van der Waals surface area contributed by atoms with Gasteiger partial charge in [-0.15, -0.1) is 0 Å². The number of benzene rings is 2. The number of nitriles is 1. The van der Waals surface area contributed by atoms with E-state index in [0.29, 0.717) is 17.9 Å². The molecule has 0 unspecified atom stereocenters. The first kappa shape index (κ1) is 17.9. The van der Waals surface area contributed by atoms with Crippen LogP contribution < -0.4 is 10.6 Å². The van der Waals surface area contributed by atoms with Gasteiger partial charge >= 0.3 is 6.03 Å². The summed E-state index contributed by atoms with van der Waals surface area (Å²) in [5.41, 5.74) is 1.83. The molecule has 1 fully saturated rings. The van der Waals surface area contributed by atoms with Crippen molar-refractivity contribution in [2.24, 2.45) is 0 Å². The molecule has 6 heteroatoms. The summed E-state index contributed by atoms with van der Waals surface area (Å²) in [6.45, 7) is 4.02. The van der Waals surface area contributed by atoms with Crippen molar-refractivity contribution in [1.82, 2.24) is 5.32 Å². The molecule has 134 valence electrons. The quantitative estimate of drug-likeness (QED) is 0.885. The van der Waals surface area contributed by atoms with Crippen molar-refractivity contribution in [3.63, 3.8) is 0 Å². The molecule has 1 aliphatic heterocycles. The Morgan fingerprint density at radius 1 is 1.15 bits per heavy atom. The summed E-state index contributed by atoms with van der Waals surface area (Å²) in [4.78, 5) is 12.4. The zero-order valence-corrected chi connectivity index (χ0v) is 14.7. The molecule has 26 heavy (non-hydrogen) atoms. The second-order valence-electron chi connectivity index (χ2n) is 6.52. The molecular formula is C20H21N3O3. The second-order valence-corrected chi connectivity index (χ2v) is 6.52. The fraction of sp³-hybridized carbons (Fsp3) is 0.300. The number of carbonyl (C=O) groups excluding carboxylic acids is 1. The maximum Gasteiger partial charge on any atom is 0.319 e. The van der Waals surface area contributed by atoms with Crippen LogP contribution in [0.15, 0.2) is 54.6 Å². The molecule has 0 bridgehead atoms. The summed E-state index contributed by atoms with van der Waals surface area (Å²) in [6.07, 6.45) is -0.336. The zero-order chi connectivity index (χ0) is 18.6. The van der Waals surface area contributed by atoms with Crippen LogP contribution in [-0.4, -0.2) is 24.5 Å². The van der Waals surface area contributed by atoms with E-state index in [1.54, 1.807) is 24.3 Å². The van der Waals surface area contributed by atoms with Gasteiger partial charge in [-0.2, -0.15) is 5.26 Å².